The summed E-state index contributed by atoms with van der Waals surface area (Å²) in [5, 5.41) is 4.11. The van der Waals surface area contributed by atoms with Crippen LogP contribution in [0.1, 0.15) is 17.5 Å². The molecular weight excluding hydrogens is 295 g/mol. The van der Waals surface area contributed by atoms with E-state index in [-0.39, 0.29) is 12.4 Å². The molecule has 1 aromatic rings. The lowest BCUT2D eigenvalue weighted by molar-refractivity contribution is 0.302. The summed E-state index contributed by atoms with van der Waals surface area (Å²) in [6.45, 7) is 5.21. The van der Waals surface area contributed by atoms with E-state index in [4.69, 9.17) is 16.3 Å². The highest BCUT2D eigenvalue weighted by atomic mass is 35.5. The molecule has 1 unspecified atom stereocenters. The third kappa shape index (κ3) is 3.40. The van der Waals surface area contributed by atoms with Crippen molar-refractivity contribution in [3.05, 3.63) is 28.3 Å². The zero-order valence-electron chi connectivity index (χ0n) is 11.8. The van der Waals surface area contributed by atoms with Gasteiger partial charge in [-0.15, -0.1) is 12.4 Å². The van der Waals surface area contributed by atoms with Crippen molar-refractivity contribution in [3.63, 3.8) is 0 Å². The molecule has 1 aromatic carbocycles. The van der Waals surface area contributed by atoms with Crippen LogP contribution in [-0.2, 0) is 13.0 Å². The Hall–Kier alpha value is -0.480. The quantitative estimate of drug-likeness (QED) is 0.924. The first kappa shape index (κ1) is 15.9. The highest BCUT2D eigenvalue weighted by Gasteiger charge is 2.24. The topological polar surface area (TPSA) is 24.5 Å². The molecule has 112 valence electrons. The summed E-state index contributed by atoms with van der Waals surface area (Å²) >= 11 is 6.21. The minimum Gasteiger partial charge on any atom is -0.493 e. The van der Waals surface area contributed by atoms with Crippen LogP contribution in [0.25, 0.3) is 0 Å². The number of hydrogen-bond acceptors (Lipinski definition) is 3. The lowest BCUT2D eigenvalue weighted by Gasteiger charge is -2.18. The second-order valence-electron chi connectivity index (χ2n) is 5.60. The first-order valence-electron chi connectivity index (χ1n) is 7.07. The van der Waals surface area contributed by atoms with E-state index < -0.39 is 0 Å². The van der Waals surface area contributed by atoms with E-state index in [1.165, 1.54) is 30.6 Å². The van der Waals surface area contributed by atoms with Gasteiger partial charge in [0.1, 0.15) is 5.75 Å². The normalized spacial score (nSPS) is 21.4. The molecule has 0 saturated carbocycles. The Kier molecular flexibility index (Phi) is 5.56. The summed E-state index contributed by atoms with van der Waals surface area (Å²) in [4.78, 5) is 2.51. The van der Waals surface area contributed by atoms with Gasteiger partial charge >= 0.3 is 0 Å². The highest BCUT2D eigenvalue weighted by molar-refractivity contribution is 6.30. The Morgan fingerprint density at radius 1 is 1.45 bits per heavy atom. The van der Waals surface area contributed by atoms with Crippen LogP contribution in [0.15, 0.2) is 12.1 Å². The van der Waals surface area contributed by atoms with Crippen LogP contribution in [0.4, 0.5) is 0 Å². The van der Waals surface area contributed by atoms with E-state index in [9.17, 15) is 0 Å². The average Bonchev–Trinajstić information content (AvgIpc) is 2.98. The van der Waals surface area contributed by atoms with E-state index in [2.05, 4.69) is 16.3 Å². The van der Waals surface area contributed by atoms with Crippen LogP contribution < -0.4 is 10.1 Å². The molecular formula is C15H22Cl2N2O. The van der Waals surface area contributed by atoms with E-state index in [0.29, 0.717) is 0 Å². The zero-order valence-corrected chi connectivity index (χ0v) is 13.4. The molecule has 1 saturated heterocycles. The van der Waals surface area contributed by atoms with Crippen LogP contribution in [0.5, 0.6) is 5.75 Å². The predicted octanol–water partition coefficient (Wildman–Crippen LogP) is 2.74. The number of benzene rings is 1. The monoisotopic (exact) mass is 316 g/mol. The summed E-state index contributed by atoms with van der Waals surface area (Å²) in [6, 6.07) is 4.11. The van der Waals surface area contributed by atoms with Crippen LogP contribution in [-0.4, -0.2) is 38.2 Å². The minimum absolute atomic E-state index is 0. The van der Waals surface area contributed by atoms with E-state index in [1.807, 2.05) is 13.1 Å². The molecule has 1 fully saturated rings. The van der Waals surface area contributed by atoms with Gasteiger partial charge in [-0.2, -0.15) is 0 Å². The average molecular weight is 317 g/mol. The Labute approximate surface area is 132 Å². The molecule has 0 aromatic heterocycles. The van der Waals surface area contributed by atoms with Crippen molar-refractivity contribution in [2.45, 2.75) is 19.4 Å². The van der Waals surface area contributed by atoms with Crippen molar-refractivity contribution in [1.29, 1.82) is 0 Å². The summed E-state index contributed by atoms with van der Waals surface area (Å²) in [6.07, 6.45) is 2.27. The first-order chi connectivity index (χ1) is 9.26. The van der Waals surface area contributed by atoms with Crippen LogP contribution in [0, 0.1) is 5.92 Å². The molecule has 1 N–H and O–H groups in total. The molecule has 0 bridgehead atoms. The molecule has 3 rings (SSSR count). The van der Waals surface area contributed by atoms with Gasteiger partial charge in [0.25, 0.3) is 0 Å². The van der Waals surface area contributed by atoms with Crippen LogP contribution in [0.2, 0.25) is 5.02 Å². The number of nitrogens with zero attached hydrogens (tertiary/aromatic N) is 1. The van der Waals surface area contributed by atoms with Crippen molar-refractivity contribution >= 4 is 24.0 Å². The van der Waals surface area contributed by atoms with Gasteiger partial charge < -0.3 is 10.1 Å². The molecule has 20 heavy (non-hydrogen) atoms. The molecule has 0 spiro atoms. The van der Waals surface area contributed by atoms with Crippen molar-refractivity contribution in [2.24, 2.45) is 5.92 Å². The van der Waals surface area contributed by atoms with E-state index >= 15 is 0 Å². The number of nitrogens with one attached hydrogen (secondary N) is 1. The number of hydrogen-bond donors (Lipinski definition) is 1. The first-order valence-corrected chi connectivity index (χ1v) is 7.45. The van der Waals surface area contributed by atoms with Crippen molar-refractivity contribution < 1.29 is 4.74 Å². The second kappa shape index (κ2) is 6.99. The van der Waals surface area contributed by atoms with Crippen LogP contribution in [0.3, 0.4) is 0 Å². The fourth-order valence-electron chi connectivity index (χ4n) is 3.22. The summed E-state index contributed by atoms with van der Waals surface area (Å²) < 4.78 is 5.77. The lowest BCUT2D eigenvalue weighted by atomic mass is 10.1. The molecule has 2 aliphatic rings. The zero-order chi connectivity index (χ0) is 13.2. The Morgan fingerprint density at radius 2 is 2.30 bits per heavy atom. The van der Waals surface area contributed by atoms with Crippen molar-refractivity contribution in [2.75, 3.05) is 33.3 Å². The van der Waals surface area contributed by atoms with Gasteiger partial charge in [-0.25, -0.2) is 0 Å². The fourth-order valence-corrected chi connectivity index (χ4v) is 3.48. The molecule has 5 heteroatoms. The minimum atomic E-state index is 0. The van der Waals surface area contributed by atoms with Gasteiger partial charge in [0.05, 0.1) is 6.61 Å². The standard InChI is InChI=1S/C15H21ClN2O.ClH/c1-17-8-11-2-4-18(9-11)10-13-7-14(16)6-12-3-5-19-15(12)13;/h6-7,11,17H,2-5,8-10H2,1H3;1H. The number of halogens is 2. The largest absolute Gasteiger partial charge is 0.493 e. The molecule has 2 heterocycles. The van der Waals surface area contributed by atoms with Crippen molar-refractivity contribution in [1.82, 2.24) is 10.2 Å². The smallest absolute Gasteiger partial charge is 0.127 e. The number of likely N-dealkylation sites (tertiary alicyclic amines) is 1. The molecule has 0 amide bonds. The maximum atomic E-state index is 6.21. The number of rotatable bonds is 4. The van der Waals surface area contributed by atoms with Gasteiger partial charge in [0.15, 0.2) is 0 Å². The highest BCUT2D eigenvalue weighted by Crippen LogP contribution is 2.34. The molecule has 0 radical (unpaired) electrons. The van der Waals surface area contributed by atoms with Gasteiger partial charge in [-0.1, -0.05) is 11.6 Å². The SMILES string of the molecule is CNCC1CCN(Cc2cc(Cl)cc3c2OCC3)C1.Cl. The second-order valence-corrected chi connectivity index (χ2v) is 6.04. The van der Waals surface area contributed by atoms with E-state index in [1.54, 1.807) is 0 Å². The maximum Gasteiger partial charge on any atom is 0.127 e. The Bertz CT molecular complexity index is 467. The van der Waals surface area contributed by atoms with Gasteiger partial charge in [-0.05, 0) is 50.2 Å². The van der Waals surface area contributed by atoms with Gasteiger partial charge in [-0.3, -0.25) is 4.90 Å². The Morgan fingerprint density at radius 3 is 3.10 bits per heavy atom. The summed E-state index contributed by atoms with van der Waals surface area (Å²) in [7, 11) is 2.03. The summed E-state index contributed by atoms with van der Waals surface area (Å²) in [5.41, 5.74) is 2.53. The van der Waals surface area contributed by atoms with Gasteiger partial charge in [0, 0.05) is 30.1 Å². The third-order valence-corrected chi connectivity index (χ3v) is 4.30. The predicted molar refractivity (Wildman–Crippen MR) is 85.2 cm³/mol. The summed E-state index contributed by atoms with van der Waals surface area (Å²) in [5.74, 6) is 1.86. The lowest BCUT2D eigenvalue weighted by Crippen LogP contribution is -2.24. The molecule has 2 aliphatic heterocycles. The molecule has 1 atom stereocenters. The maximum absolute atomic E-state index is 6.21. The van der Waals surface area contributed by atoms with E-state index in [0.717, 1.165) is 42.8 Å². The van der Waals surface area contributed by atoms with Gasteiger partial charge in [0.2, 0.25) is 0 Å². The molecule has 3 nitrogen and oxygen atoms in total. The van der Waals surface area contributed by atoms with Crippen molar-refractivity contribution in [3.8, 4) is 5.75 Å². The number of ether oxygens (including phenoxy) is 1. The Balaban J connectivity index is 0.00000147. The van der Waals surface area contributed by atoms with Crippen LogP contribution >= 0.6 is 24.0 Å². The molecule has 0 aliphatic carbocycles. The number of fused-ring (bicyclic) bond motifs is 1. The third-order valence-electron chi connectivity index (χ3n) is 4.08. The fraction of sp³-hybridized carbons (Fsp3) is 0.600.